The molecule has 0 bridgehead atoms. The summed E-state index contributed by atoms with van der Waals surface area (Å²) < 4.78 is 13.6. The molecule has 1 saturated carbocycles. The van der Waals surface area contributed by atoms with Gasteiger partial charge in [0.25, 0.3) is 0 Å². The number of benzene rings is 1. The smallest absolute Gasteiger partial charge is 0.140 e. The van der Waals surface area contributed by atoms with Crippen molar-refractivity contribution in [1.82, 2.24) is 0 Å². The van der Waals surface area contributed by atoms with Crippen LogP contribution in [0.2, 0.25) is 0 Å². The summed E-state index contributed by atoms with van der Waals surface area (Å²) in [6, 6.07) is 4.81. The molecule has 1 aromatic carbocycles. The Hall–Kier alpha value is -0.700. The molecule has 0 saturated heterocycles. The van der Waals surface area contributed by atoms with E-state index >= 15 is 0 Å². The Kier molecular flexibility index (Phi) is 2.91. The average Bonchev–Trinajstić information content (AvgIpc) is 2.91. The van der Waals surface area contributed by atoms with E-state index in [0.717, 1.165) is 12.0 Å². The fourth-order valence-electron chi connectivity index (χ4n) is 1.77. The molecular formula is C12H12BrFO. The number of carbonyl (C=O) groups excluding carboxylic acids is 1. The zero-order chi connectivity index (χ0) is 11.0. The molecule has 2 unspecified atom stereocenters. The van der Waals surface area contributed by atoms with Crippen LogP contribution in [0.25, 0.3) is 0 Å². The second-order valence-electron chi connectivity index (χ2n) is 4.18. The van der Waals surface area contributed by atoms with Crippen LogP contribution < -0.4 is 0 Å². The van der Waals surface area contributed by atoms with Crippen molar-refractivity contribution >= 4 is 21.7 Å². The maximum absolute atomic E-state index is 13.2. The quantitative estimate of drug-likeness (QED) is 0.823. The topological polar surface area (TPSA) is 17.1 Å². The van der Waals surface area contributed by atoms with Gasteiger partial charge in [-0.1, -0.05) is 19.1 Å². The zero-order valence-corrected chi connectivity index (χ0v) is 10.1. The van der Waals surface area contributed by atoms with Crippen LogP contribution in [-0.2, 0) is 11.2 Å². The molecule has 0 heterocycles. The van der Waals surface area contributed by atoms with Crippen molar-refractivity contribution in [3.05, 3.63) is 34.1 Å². The lowest BCUT2D eigenvalue weighted by atomic mass is 10.1. The molecule has 1 fully saturated rings. The van der Waals surface area contributed by atoms with E-state index in [-0.39, 0.29) is 17.5 Å². The molecule has 0 N–H and O–H groups in total. The standard InChI is InChI=1S/C12H12BrFO/c1-7-5-9(7)11(15)6-8-3-2-4-10(14)12(8)13/h2-4,7,9H,5-6H2,1H3. The van der Waals surface area contributed by atoms with Crippen LogP contribution in [0.5, 0.6) is 0 Å². The van der Waals surface area contributed by atoms with E-state index < -0.39 is 0 Å². The maximum atomic E-state index is 13.2. The molecule has 1 aliphatic rings. The normalized spacial score (nSPS) is 23.9. The van der Waals surface area contributed by atoms with E-state index in [1.165, 1.54) is 6.07 Å². The van der Waals surface area contributed by atoms with Crippen molar-refractivity contribution in [2.75, 3.05) is 0 Å². The molecule has 80 valence electrons. The van der Waals surface area contributed by atoms with Gasteiger partial charge in [-0.05, 0) is 39.9 Å². The molecule has 1 aromatic rings. The Labute approximate surface area is 96.8 Å². The average molecular weight is 271 g/mol. The van der Waals surface area contributed by atoms with Crippen LogP contribution >= 0.6 is 15.9 Å². The summed E-state index contributed by atoms with van der Waals surface area (Å²) >= 11 is 3.17. The molecule has 0 radical (unpaired) electrons. The van der Waals surface area contributed by atoms with Crippen molar-refractivity contribution in [1.29, 1.82) is 0 Å². The van der Waals surface area contributed by atoms with Crippen molar-refractivity contribution in [2.45, 2.75) is 19.8 Å². The number of rotatable bonds is 3. The third-order valence-corrected chi connectivity index (χ3v) is 3.81. The zero-order valence-electron chi connectivity index (χ0n) is 8.47. The predicted molar refractivity (Wildman–Crippen MR) is 60.1 cm³/mol. The highest BCUT2D eigenvalue weighted by Crippen LogP contribution is 2.39. The summed E-state index contributed by atoms with van der Waals surface area (Å²) in [6.45, 7) is 2.07. The minimum absolute atomic E-state index is 0.208. The third kappa shape index (κ3) is 2.28. The van der Waals surface area contributed by atoms with Gasteiger partial charge in [-0.3, -0.25) is 4.79 Å². The van der Waals surface area contributed by atoms with Crippen molar-refractivity contribution < 1.29 is 9.18 Å². The van der Waals surface area contributed by atoms with Crippen LogP contribution in [0.3, 0.4) is 0 Å². The summed E-state index contributed by atoms with van der Waals surface area (Å²) in [5, 5.41) is 0. The van der Waals surface area contributed by atoms with Gasteiger partial charge in [0.1, 0.15) is 11.6 Å². The lowest BCUT2D eigenvalue weighted by Gasteiger charge is -2.03. The number of carbonyl (C=O) groups is 1. The van der Waals surface area contributed by atoms with E-state index in [2.05, 4.69) is 22.9 Å². The highest BCUT2D eigenvalue weighted by molar-refractivity contribution is 9.10. The number of ketones is 1. The second kappa shape index (κ2) is 4.05. The minimum Gasteiger partial charge on any atom is -0.299 e. The molecule has 2 atom stereocenters. The van der Waals surface area contributed by atoms with Gasteiger partial charge in [-0.2, -0.15) is 0 Å². The Morgan fingerprint density at radius 1 is 1.60 bits per heavy atom. The number of hydrogen-bond donors (Lipinski definition) is 0. The van der Waals surface area contributed by atoms with Crippen molar-refractivity contribution in [3.63, 3.8) is 0 Å². The number of hydrogen-bond acceptors (Lipinski definition) is 1. The van der Waals surface area contributed by atoms with E-state index in [1.54, 1.807) is 12.1 Å². The first-order valence-corrected chi connectivity index (χ1v) is 5.84. The molecular weight excluding hydrogens is 259 g/mol. The van der Waals surface area contributed by atoms with Crippen LogP contribution in [0, 0.1) is 17.7 Å². The Balaban J connectivity index is 2.10. The summed E-state index contributed by atoms with van der Waals surface area (Å²) in [5.41, 5.74) is 0.749. The largest absolute Gasteiger partial charge is 0.299 e. The maximum Gasteiger partial charge on any atom is 0.140 e. The van der Waals surface area contributed by atoms with Gasteiger partial charge in [0.15, 0.2) is 0 Å². The lowest BCUT2D eigenvalue weighted by Crippen LogP contribution is -2.07. The Bertz CT molecular complexity index is 403. The van der Waals surface area contributed by atoms with E-state index in [4.69, 9.17) is 0 Å². The molecule has 1 aliphatic carbocycles. The van der Waals surface area contributed by atoms with Crippen LogP contribution in [0.15, 0.2) is 22.7 Å². The summed E-state index contributed by atoms with van der Waals surface area (Å²) in [6.07, 6.45) is 1.33. The van der Waals surface area contributed by atoms with E-state index in [0.29, 0.717) is 16.8 Å². The first-order valence-electron chi connectivity index (χ1n) is 5.05. The first-order chi connectivity index (χ1) is 7.09. The number of Topliss-reactive ketones (excluding diaryl/α,β-unsaturated/α-hetero) is 1. The van der Waals surface area contributed by atoms with Gasteiger partial charge in [0.05, 0.1) is 4.47 Å². The summed E-state index contributed by atoms with van der Waals surface area (Å²) in [5.74, 6) is 0.656. The molecule has 0 amide bonds. The summed E-state index contributed by atoms with van der Waals surface area (Å²) in [4.78, 5) is 11.7. The fraction of sp³-hybridized carbons (Fsp3) is 0.417. The fourth-order valence-corrected chi connectivity index (χ4v) is 2.18. The summed E-state index contributed by atoms with van der Waals surface area (Å²) in [7, 11) is 0. The van der Waals surface area contributed by atoms with Gasteiger partial charge >= 0.3 is 0 Å². The number of halogens is 2. The van der Waals surface area contributed by atoms with Crippen LogP contribution in [0.4, 0.5) is 4.39 Å². The van der Waals surface area contributed by atoms with Crippen molar-refractivity contribution in [2.24, 2.45) is 11.8 Å². The molecule has 2 rings (SSSR count). The van der Waals surface area contributed by atoms with Gasteiger partial charge < -0.3 is 0 Å². The monoisotopic (exact) mass is 270 g/mol. The van der Waals surface area contributed by atoms with Crippen molar-refractivity contribution in [3.8, 4) is 0 Å². The van der Waals surface area contributed by atoms with E-state index in [1.807, 2.05) is 0 Å². The first kappa shape index (κ1) is 10.8. The Morgan fingerprint density at radius 3 is 2.87 bits per heavy atom. The van der Waals surface area contributed by atoms with Gasteiger partial charge in [-0.15, -0.1) is 0 Å². The molecule has 0 aliphatic heterocycles. The van der Waals surface area contributed by atoms with E-state index in [9.17, 15) is 9.18 Å². The highest BCUT2D eigenvalue weighted by Gasteiger charge is 2.38. The highest BCUT2D eigenvalue weighted by atomic mass is 79.9. The molecule has 0 aromatic heterocycles. The molecule has 15 heavy (non-hydrogen) atoms. The molecule has 1 nitrogen and oxygen atoms in total. The lowest BCUT2D eigenvalue weighted by molar-refractivity contribution is -0.119. The molecule has 3 heteroatoms. The molecule has 0 spiro atoms. The third-order valence-electron chi connectivity index (χ3n) is 2.92. The van der Waals surface area contributed by atoms with Gasteiger partial charge in [0.2, 0.25) is 0 Å². The van der Waals surface area contributed by atoms with Gasteiger partial charge in [0, 0.05) is 12.3 Å². The van der Waals surface area contributed by atoms with Gasteiger partial charge in [-0.25, -0.2) is 4.39 Å². The van der Waals surface area contributed by atoms with Crippen LogP contribution in [-0.4, -0.2) is 5.78 Å². The predicted octanol–water partition coefficient (Wildman–Crippen LogP) is 3.36. The Morgan fingerprint density at radius 2 is 2.27 bits per heavy atom. The minimum atomic E-state index is -0.302. The van der Waals surface area contributed by atoms with Crippen LogP contribution in [0.1, 0.15) is 18.9 Å². The SMILES string of the molecule is CC1CC1C(=O)Cc1cccc(F)c1Br. The second-order valence-corrected chi connectivity index (χ2v) is 4.97.